The normalized spacial score (nSPS) is 11.8. The Labute approximate surface area is 160 Å². The van der Waals surface area contributed by atoms with Gasteiger partial charge in [0.2, 0.25) is 17.8 Å². The van der Waals surface area contributed by atoms with Gasteiger partial charge in [-0.05, 0) is 31.2 Å². The molecule has 0 saturated heterocycles. The molecule has 0 amide bonds. The number of nitrogens with one attached hydrogen (secondary N) is 1. The molecule has 4 rings (SSSR count). The second kappa shape index (κ2) is 6.65. The summed E-state index contributed by atoms with van der Waals surface area (Å²) in [6, 6.07) is 5.55. The zero-order valence-electron chi connectivity index (χ0n) is 14.7. The van der Waals surface area contributed by atoms with Crippen LogP contribution in [0, 0.1) is 12.7 Å². The molecule has 3 N–H and O–H groups in total. The highest BCUT2D eigenvalue weighted by Crippen LogP contribution is 2.30. The average molecular weight is 404 g/mol. The molecule has 0 aliphatic carbocycles. The zero-order valence-corrected chi connectivity index (χ0v) is 14.7. The molecule has 29 heavy (non-hydrogen) atoms. The van der Waals surface area contributed by atoms with Crippen molar-refractivity contribution in [3.63, 3.8) is 0 Å². The lowest BCUT2D eigenvalue weighted by Crippen LogP contribution is -2.10. The van der Waals surface area contributed by atoms with Crippen LogP contribution in [0.25, 0.3) is 17.1 Å². The van der Waals surface area contributed by atoms with E-state index in [-0.39, 0.29) is 17.8 Å². The molecule has 3 heterocycles. The molecule has 0 aliphatic rings. The first-order valence-corrected chi connectivity index (χ1v) is 8.17. The predicted molar refractivity (Wildman–Crippen MR) is 96.1 cm³/mol. The maximum absolute atomic E-state index is 13.6. The summed E-state index contributed by atoms with van der Waals surface area (Å²) >= 11 is 0. The molecule has 0 saturated carbocycles. The lowest BCUT2D eigenvalue weighted by atomic mass is 10.2. The molecule has 4 aromatic rings. The monoisotopic (exact) mass is 404 g/mol. The van der Waals surface area contributed by atoms with Crippen LogP contribution in [0.15, 0.2) is 36.5 Å². The van der Waals surface area contributed by atoms with Crippen molar-refractivity contribution >= 4 is 28.7 Å². The Kier molecular flexibility index (Phi) is 4.25. The van der Waals surface area contributed by atoms with E-state index in [2.05, 4.69) is 30.2 Å². The van der Waals surface area contributed by atoms with E-state index in [1.165, 1.54) is 22.8 Å². The predicted octanol–water partition coefficient (Wildman–Crippen LogP) is 3.40. The number of halogens is 4. The van der Waals surface area contributed by atoms with Gasteiger partial charge in [-0.3, -0.25) is 4.57 Å². The highest BCUT2D eigenvalue weighted by atomic mass is 19.4. The van der Waals surface area contributed by atoms with Crippen molar-refractivity contribution in [2.75, 3.05) is 11.1 Å². The van der Waals surface area contributed by atoms with Gasteiger partial charge in [0, 0.05) is 11.8 Å². The molecule has 0 unspecified atom stereocenters. The minimum absolute atomic E-state index is 0.00197. The van der Waals surface area contributed by atoms with Gasteiger partial charge < -0.3 is 11.1 Å². The van der Waals surface area contributed by atoms with E-state index in [1.807, 2.05) is 0 Å². The first kappa shape index (κ1) is 18.5. The third-order valence-electron chi connectivity index (χ3n) is 3.96. The number of alkyl halides is 3. The Morgan fingerprint density at radius 2 is 1.76 bits per heavy atom. The van der Waals surface area contributed by atoms with Gasteiger partial charge in [0.25, 0.3) is 0 Å². The number of nitrogen functional groups attached to an aromatic ring is 1. The maximum atomic E-state index is 13.6. The minimum atomic E-state index is -4.44. The third kappa shape index (κ3) is 3.63. The van der Waals surface area contributed by atoms with Crippen LogP contribution in [0.1, 0.15) is 11.4 Å². The van der Waals surface area contributed by atoms with Crippen LogP contribution in [0.5, 0.6) is 0 Å². The standard InChI is InChI=1S/C17H12F4N8/c1-8-24-13-12(6-10(18)7-23-13)29(8)16-27-14(22)26-15(28-16)25-11-4-2-9(3-5-11)17(19,20)21/h2-7H,1H3,(H3,22,25,26,27,28). The van der Waals surface area contributed by atoms with Crippen molar-refractivity contribution in [3.8, 4) is 5.95 Å². The third-order valence-corrected chi connectivity index (χ3v) is 3.96. The van der Waals surface area contributed by atoms with Crippen LogP contribution in [0.3, 0.4) is 0 Å². The van der Waals surface area contributed by atoms with E-state index in [0.29, 0.717) is 22.7 Å². The number of nitrogens with zero attached hydrogens (tertiary/aromatic N) is 6. The van der Waals surface area contributed by atoms with Gasteiger partial charge in [-0.2, -0.15) is 28.1 Å². The molecular formula is C17H12F4N8. The molecule has 0 bridgehead atoms. The molecule has 148 valence electrons. The van der Waals surface area contributed by atoms with E-state index in [4.69, 9.17) is 5.73 Å². The summed E-state index contributed by atoms with van der Waals surface area (Å²) in [5, 5.41) is 2.77. The van der Waals surface area contributed by atoms with Gasteiger partial charge in [-0.1, -0.05) is 0 Å². The van der Waals surface area contributed by atoms with E-state index < -0.39 is 17.6 Å². The van der Waals surface area contributed by atoms with E-state index in [9.17, 15) is 17.6 Å². The van der Waals surface area contributed by atoms with Crippen LogP contribution in [0.4, 0.5) is 35.1 Å². The summed E-state index contributed by atoms with van der Waals surface area (Å²) in [7, 11) is 0. The van der Waals surface area contributed by atoms with E-state index >= 15 is 0 Å². The number of imidazole rings is 1. The zero-order chi connectivity index (χ0) is 20.8. The average Bonchev–Trinajstić information content (AvgIpc) is 2.96. The van der Waals surface area contributed by atoms with Gasteiger partial charge in [0.15, 0.2) is 5.65 Å². The number of pyridine rings is 1. The number of rotatable bonds is 3. The molecule has 12 heteroatoms. The molecule has 0 radical (unpaired) electrons. The fraction of sp³-hybridized carbons (Fsp3) is 0.118. The summed E-state index contributed by atoms with van der Waals surface area (Å²) in [5.74, 6) is -0.222. The Balaban J connectivity index is 1.72. The first-order valence-electron chi connectivity index (χ1n) is 8.17. The SMILES string of the molecule is Cc1nc2ncc(F)cc2n1-c1nc(N)nc(Nc2ccc(C(F)(F)F)cc2)n1. The summed E-state index contributed by atoms with van der Waals surface area (Å²) in [6.45, 7) is 1.66. The Bertz CT molecular complexity index is 1200. The first-order chi connectivity index (χ1) is 13.7. The molecule has 0 spiro atoms. The quantitative estimate of drug-likeness (QED) is 0.504. The number of nitrogens with two attached hydrogens (primary N) is 1. The van der Waals surface area contributed by atoms with Gasteiger partial charge in [0.05, 0.1) is 17.3 Å². The molecule has 8 nitrogen and oxygen atoms in total. The van der Waals surface area contributed by atoms with Gasteiger partial charge in [-0.25, -0.2) is 14.4 Å². The topological polar surface area (TPSA) is 107 Å². The number of aryl methyl sites for hydroxylation is 1. The number of anilines is 3. The summed E-state index contributed by atoms with van der Waals surface area (Å²) in [5.41, 5.74) is 5.90. The fourth-order valence-electron chi connectivity index (χ4n) is 2.71. The molecule has 0 aliphatic heterocycles. The lowest BCUT2D eigenvalue weighted by Gasteiger charge is -2.10. The van der Waals surface area contributed by atoms with Crippen molar-refractivity contribution in [1.29, 1.82) is 0 Å². The van der Waals surface area contributed by atoms with E-state index in [1.54, 1.807) is 6.92 Å². The highest BCUT2D eigenvalue weighted by molar-refractivity contribution is 5.73. The van der Waals surface area contributed by atoms with Crippen molar-refractivity contribution in [3.05, 3.63) is 53.7 Å². The summed E-state index contributed by atoms with van der Waals surface area (Å²) in [6.07, 6.45) is -3.40. The van der Waals surface area contributed by atoms with Crippen molar-refractivity contribution < 1.29 is 17.6 Å². The minimum Gasteiger partial charge on any atom is -0.368 e. The Hall–Kier alpha value is -3.83. The van der Waals surface area contributed by atoms with Crippen LogP contribution in [0.2, 0.25) is 0 Å². The Morgan fingerprint density at radius 3 is 2.45 bits per heavy atom. The number of aromatic nitrogens is 6. The molecular weight excluding hydrogens is 392 g/mol. The summed E-state index contributed by atoms with van der Waals surface area (Å²) < 4.78 is 53.2. The Morgan fingerprint density at radius 1 is 1.03 bits per heavy atom. The molecule has 0 atom stereocenters. The fourth-order valence-corrected chi connectivity index (χ4v) is 2.71. The van der Waals surface area contributed by atoms with Crippen LogP contribution < -0.4 is 11.1 Å². The number of hydrogen-bond acceptors (Lipinski definition) is 7. The largest absolute Gasteiger partial charge is 0.416 e. The molecule has 1 aromatic carbocycles. The van der Waals surface area contributed by atoms with Gasteiger partial charge >= 0.3 is 6.18 Å². The number of benzene rings is 1. The van der Waals surface area contributed by atoms with Gasteiger partial charge in [0.1, 0.15) is 11.6 Å². The smallest absolute Gasteiger partial charge is 0.368 e. The maximum Gasteiger partial charge on any atom is 0.416 e. The second-order valence-electron chi connectivity index (χ2n) is 6.01. The van der Waals surface area contributed by atoms with Crippen molar-refractivity contribution in [2.45, 2.75) is 13.1 Å². The highest BCUT2D eigenvalue weighted by Gasteiger charge is 2.30. The van der Waals surface area contributed by atoms with E-state index in [0.717, 1.165) is 18.3 Å². The lowest BCUT2D eigenvalue weighted by molar-refractivity contribution is -0.137. The van der Waals surface area contributed by atoms with Crippen LogP contribution in [-0.2, 0) is 6.18 Å². The molecule has 0 fully saturated rings. The van der Waals surface area contributed by atoms with Crippen molar-refractivity contribution in [2.24, 2.45) is 0 Å². The number of fused-ring (bicyclic) bond motifs is 1. The van der Waals surface area contributed by atoms with Crippen LogP contribution >= 0.6 is 0 Å². The van der Waals surface area contributed by atoms with Crippen molar-refractivity contribution in [1.82, 2.24) is 29.5 Å². The second-order valence-corrected chi connectivity index (χ2v) is 6.01. The summed E-state index contributed by atoms with van der Waals surface area (Å²) in [4.78, 5) is 20.3. The van der Waals surface area contributed by atoms with Crippen LogP contribution in [-0.4, -0.2) is 29.5 Å². The van der Waals surface area contributed by atoms with Gasteiger partial charge in [-0.15, -0.1) is 0 Å². The molecule has 3 aromatic heterocycles. The number of hydrogen-bond donors (Lipinski definition) is 2.